The molecule has 1 atom stereocenters. The van der Waals surface area contributed by atoms with Crippen LogP contribution in [0.15, 0.2) is 42.5 Å². The summed E-state index contributed by atoms with van der Waals surface area (Å²) in [6, 6.07) is 15.8. The average Bonchev–Trinajstić information content (AvgIpc) is 2.41. The Kier molecular flexibility index (Phi) is 4.97. The number of aryl methyl sites for hydroxylation is 3. The summed E-state index contributed by atoms with van der Waals surface area (Å²) < 4.78 is 0. The topological polar surface area (TPSA) is 12.0 Å². The third-order valence-electron chi connectivity index (χ3n) is 3.85. The third kappa shape index (κ3) is 3.94. The number of hydrogen-bond acceptors (Lipinski definition) is 1. The third-order valence-corrected chi connectivity index (χ3v) is 3.85. The predicted molar refractivity (Wildman–Crippen MR) is 87.2 cm³/mol. The molecule has 0 amide bonds. The molecule has 0 aliphatic heterocycles. The molecule has 0 spiro atoms. The Hall–Kier alpha value is -1.60. The second-order valence-electron chi connectivity index (χ2n) is 5.77. The summed E-state index contributed by atoms with van der Waals surface area (Å²) in [7, 11) is 0. The average molecular weight is 267 g/mol. The molecule has 20 heavy (non-hydrogen) atoms. The zero-order valence-electron chi connectivity index (χ0n) is 13.0. The van der Waals surface area contributed by atoms with Crippen LogP contribution >= 0.6 is 0 Å². The predicted octanol–water partition coefficient (Wildman–Crippen LogP) is 4.51. The Labute approximate surface area is 123 Å². The van der Waals surface area contributed by atoms with Gasteiger partial charge in [-0.1, -0.05) is 53.6 Å². The molecule has 0 radical (unpaired) electrons. The van der Waals surface area contributed by atoms with E-state index in [1.165, 1.54) is 27.8 Å². The van der Waals surface area contributed by atoms with Crippen LogP contribution in [0.2, 0.25) is 0 Å². The molecule has 2 aromatic carbocycles. The highest BCUT2D eigenvalue weighted by Crippen LogP contribution is 2.18. The van der Waals surface area contributed by atoms with Crippen LogP contribution in [0.25, 0.3) is 0 Å². The van der Waals surface area contributed by atoms with E-state index in [1.807, 2.05) is 0 Å². The lowest BCUT2D eigenvalue weighted by atomic mass is 10.00. The largest absolute Gasteiger partial charge is 0.310 e. The van der Waals surface area contributed by atoms with Crippen LogP contribution in [0.5, 0.6) is 0 Å². The van der Waals surface area contributed by atoms with Crippen molar-refractivity contribution in [3.8, 4) is 0 Å². The van der Waals surface area contributed by atoms with Gasteiger partial charge in [-0.05, 0) is 57.4 Å². The fourth-order valence-corrected chi connectivity index (χ4v) is 2.64. The van der Waals surface area contributed by atoms with Crippen molar-refractivity contribution in [3.63, 3.8) is 0 Å². The van der Waals surface area contributed by atoms with E-state index in [0.29, 0.717) is 6.04 Å². The van der Waals surface area contributed by atoms with E-state index < -0.39 is 0 Å². The molecular formula is C19H25N. The molecule has 1 nitrogen and oxygen atoms in total. The van der Waals surface area contributed by atoms with Crippen LogP contribution in [-0.4, -0.2) is 6.54 Å². The Morgan fingerprint density at radius 2 is 1.70 bits per heavy atom. The van der Waals surface area contributed by atoms with E-state index in [9.17, 15) is 0 Å². The SMILES string of the molecule is Cc1cccc(CCNC(C)c2cc(C)ccc2C)c1. The summed E-state index contributed by atoms with van der Waals surface area (Å²) in [6.45, 7) is 9.75. The molecule has 0 aromatic heterocycles. The lowest BCUT2D eigenvalue weighted by Gasteiger charge is -2.17. The molecule has 106 valence electrons. The normalized spacial score (nSPS) is 12.4. The minimum Gasteiger partial charge on any atom is -0.310 e. The summed E-state index contributed by atoms with van der Waals surface area (Å²) in [5.74, 6) is 0. The van der Waals surface area contributed by atoms with Crippen LogP contribution in [0.3, 0.4) is 0 Å². The maximum Gasteiger partial charge on any atom is 0.0294 e. The van der Waals surface area contributed by atoms with E-state index in [0.717, 1.165) is 13.0 Å². The zero-order valence-corrected chi connectivity index (χ0v) is 13.0. The first kappa shape index (κ1) is 14.8. The van der Waals surface area contributed by atoms with Crippen molar-refractivity contribution in [1.29, 1.82) is 0 Å². The van der Waals surface area contributed by atoms with Gasteiger partial charge >= 0.3 is 0 Å². The molecule has 0 saturated carbocycles. The number of benzene rings is 2. The molecule has 0 bridgehead atoms. The summed E-state index contributed by atoms with van der Waals surface area (Å²) in [5, 5.41) is 3.63. The summed E-state index contributed by atoms with van der Waals surface area (Å²) in [4.78, 5) is 0. The molecule has 0 saturated heterocycles. The summed E-state index contributed by atoms with van der Waals surface area (Å²) in [5.41, 5.74) is 6.86. The monoisotopic (exact) mass is 267 g/mol. The lowest BCUT2D eigenvalue weighted by molar-refractivity contribution is 0.574. The Morgan fingerprint density at radius 1 is 0.950 bits per heavy atom. The van der Waals surface area contributed by atoms with Gasteiger partial charge in [0, 0.05) is 6.04 Å². The van der Waals surface area contributed by atoms with E-state index in [4.69, 9.17) is 0 Å². The van der Waals surface area contributed by atoms with E-state index in [1.54, 1.807) is 0 Å². The van der Waals surface area contributed by atoms with Gasteiger partial charge in [-0.25, -0.2) is 0 Å². The van der Waals surface area contributed by atoms with Crippen LogP contribution in [-0.2, 0) is 6.42 Å². The van der Waals surface area contributed by atoms with Gasteiger partial charge in [0.25, 0.3) is 0 Å². The quantitative estimate of drug-likeness (QED) is 0.840. The van der Waals surface area contributed by atoms with Crippen molar-refractivity contribution < 1.29 is 0 Å². The van der Waals surface area contributed by atoms with Gasteiger partial charge in [-0.2, -0.15) is 0 Å². The molecule has 1 N–H and O–H groups in total. The molecule has 0 aliphatic rings. The molecule has 0 heterocycles. The highest BCUT2D eigenvalue weighted by molar-refractivity contribution is 5.32. The molecule has 0 aliphatic carbocycles. The Bertz CT molecular complexity index is 572. The van der Waals surface area contributed by atoms with Crippen LogP contribution in [0.4, 0.5) is 0 Å². The van der Waals surface area contributed by atoms with Gasteiger partial charge in [-0.3, -0.25) is 0 Å². The molecule has 2 aromatic rings. The molecule has 2 rings (SSSR count). The minimum absolute atomic E-state index is 0.403. The van der Waals surface area contributed by atoms with E-state index in [-0.39, 0.29) is 0 Å². The van der Waals surface area contributed by atoms with E-state index >= 15 is 0 Å². The van der Waals surface area contributed by atoms with Crippen molar-refractivity contribution in [2.24, 2.45) is 0 Å². The first-order valence-electron chi connectivity index (χ1n) is 7.42. The maximum atomic E-state index is 3.63. The van der Waals surface area contributed by atoms with Crippen LogP contribution < -0.4 is 5.32 Å². The Balaban J connectivity index is 1.92. The van der Waals surface area contributed by atoms with Crippen molar-refractivity contribution in [3.05, 3.63) is 70.3 Å². The molecular weight excluding hydrogens is 242 g/mol. The van der Waals surface area contributed by atoms with Gasteiger partial charge < -0.3 is 5.32 Å². The van der Waals surface area contributed by atoms with Gasteiger partial charge in [0.2, 0.25) is 0 Å². The first-order valence-corrected chi connectivity index (χ1v) is 7.42. The van der Waals surface area contributed by atoms with Crippen LogP contribution in [0.1, 0.15) is 40.8 Å². The fraction of sp³-hybridized carbons (Fsp3) is 0.368. The maximum absolute atomic E-state index is 3.63. The van der Waals surface area contributed by atoms with Gasteiger partial charge in [-0.15, -0.1) is 0 Å². The minimum atomic E-state index is 0.403. The molecule has 1 unspecified atom stereocenters. The highest BCUT2D eigenvalue weighted by Gasteiger charge is 2.07. The van der Waals surface area contributed by atoms with E-state index in [2.05, 4.69) is 75.5 Å². The zero-order chi connectivity index (χ0) is 14.5. The number of rotatable bonds is 5. The Morgan fingerprint density at radius 3 is 2.45 bits per heavy atom. The first-order chi connectivity index (χ1) is 9.56. The molecule has 0 fully saturated rings. The van der Waals surface area contributed by atoms with Gasteiger partial charge in [0.05, 0.1) is 0 Å². The molecule has 1 heteroatoms. The second kappa shape index (κ2) is 6.71. The smallest absolute Gasteiger partial charge is 0.0294 e. The standard InChI is InChI=1S/C19H25N/c1-14-6-5-7-18(12-14)10-11-20-17(4)19-13-15(2)8-9-16(19)3/h5-9,12-13,17,20H,10-11H2,1-4H3. The number of hydrogen-bond donors (Lipinski definition) is 1. The lowest BCUT2D eigenvalue weighted by Crippen LogP contribution is -2.22. The van der Waals surface area contributed by atoms with Gasteiger partial charge in [0.1, 0.15) is 0 Å². The summed E-state index contributed by atoms with van der Waals surface area (Å²) in [6.07, 6.45) is 1.08. The van der Waals surface area contributed by atoms with Crippen molar-refractivity contribution in [2.75, 3.05) is 6.54 Å². The van der Waals surface area contributed by atoms with Crippen molar-refractivity contribution in [1.82, 2.24) is 5.32 Å². The van der Waals surface area contributed by atoms with Gasteiger partial charge in [0.15, 0.2) is 0 Å². The van der Waals surface area contributed by atoms with Crippen molar-refractivity contribution in [2.45, 2.75) is 40.2 Å². The second-order valence-corrected chi connectivity index (χ2v) is 5.77. The summed E-state index contributed by atoms with van der Waals surface area (Å²) >= 11 is 0. The van der Waals surface area contributed by atoms with Crippen molar-refractivity contribution >= 4 is 0 Å². The fourth-order valence-electron chi connectivity index (χ4n) is 2.64. The number of nitrogens with one attached hydrogen (secondary N) is 1. The highest BCUT2D eigenvalue weighted by atomic mass is 14.9. The van der Waals surface area contributed by atoms with Crippen LogP contribution in [0, 0.1) is 20.8 Å².